The number of esters is 1. The number of hydrazone groups is 1. The summed E-state index contributed by atoms with van der Waals surface area (Å²) in [6, 6.07) is 5.97. The zero-order valence-electron chi connectivity index (χ0n) is 17.6. The molecule has 0 bridgehead atoms. The average molecular weight is 431 g/mol. The van der Waals surface area contributed by atoms with Crippen LogP contribution in [0.5, 0.6) is 0 Å². The quantitative estimate of drug-likeness (QED) is 0.424. The van der Waals surface area contributed by atoms with Gasteiger partial charge in [-0.3, -0.25) is 15.1 Å². The zero-order valence-corrected chi connectivity index (χ0v) is 18.4. The normalized spacial score (nSPS) is 13.4. The van der Waals surface area contributed by atoms with Gasteiger partial charge in [0.1, 0.15) is 5.60 Å². The summed E-state index contributed by atoms with van der Waals surface area (Å²) in [6.07, 6.45) is 1.54. The third-order valence-corrected chi connectivity index (χ3v) is 4.96. The van der Waals surface area contributed by atoms with Crippen molar-refractivity contribution < 1.29 is 19.1 Å². The molecular formula is C21H26N4O4S. The molecule has 0 saturated carbocycles. The predicted molar refractivity (Wildman–Crippen MR) is 116 cm³/mol. The molecule has 2 heterocycles. The molecule has 1 N–H and O–H groups in total. The van der Waals surface area contributed by atoms with Crippen LogP contribution in [0.1, 0.15) is 50.1 Å². The van der Waals surface area contributed by atoms with Crippen LogP contribution in [0.3, 0.4) is 0 Å². The Morgan fingerprint density at radius 3 is 2.80 bits per heavy atom. The molecule has 0 aliphatic carbocycles. The number of fused-ring (bicyclic) bond motifs is 1. The molecule has 0 fully saturated rings. The fraction of sp³-hybridized carbons (Fsp3) is 0.429. The Bertz CT molecular complexity index is 949. The Hall–Kier alpha value is -2.94. The van der Waals surface area contributed by atoms with E-state index in [0.29, 0.717) is 30.5 Å². The number of hydrogen-bond donors (Lipinski definition) is 1. The van der Waals surface area contributed by atoms with E-state index in [9.17, 15) is 9.59 Å². The molecule has 1 aromatic carbocycles. The van der Waals surface area contributed by atoms with Gasteiger partial charge in [0.05, 0.1) is 24.9 Å². The molecule has 9 heteroatoms. The second-order valence-corrected chi connectivity index (χ2v) is 8.72. The van der Waals surface area contributed by atoms with Crippen LogP contribution in [0.2, 0.25) is 0 Å². The highest BCUT2D eigenvalue weighted by Gasteiger charge is 2.27. The maximum Gasteiger partial charge on any atom is 0.410 e. The Morgan fingerprint density at radius 1 is 1.30 bits per heavy atom. The molecule has 160 valence electrons. The highest BCUT2D eigenvalue weighted by Crippen LogP contribution is 2.25. The van der Waals surface area contributed by atoms with Gasteiger partial charge in [0, 0.05) is 18.5 Å². The molecule has 30 heavy (non-hydrogen) atoms. The standard InChI is InChI=1S/C21H26N4O4S/c1-5-28-18(26)9-17-13-30-19(23-17)24-22-10-14-6-7-15-11-25(12-16(15)8-14)20(27)29-21(2,3)4/h6-8,10,13H,5,9,11-12H2,1-4H3,(H,23,24). The van der Waals surface area contributed by atoms with Crippen LogP contribution in [0.15, 0.2) is 28.7 Å². The molecule has 1 amide bonds. The molecule has 1 aromatic heterocycles. The van der Waals surface area contributed by atoms with Crippen molar-refractivity contribution in [3.05, 3.63) is 46.0 Å². The smallest absolute Gasteiger partial charge is 0.410 e. The maximum absolute atomic E-state index is 12.3. The Morgan fingerprint density at radius 2 is 2.07 bits per heavy atom. The van der Waals surface area contributed by atoms with Gasteiger partial charge in [-0.25, -0.2) is 9.78 Å². The first kappa shape index (κ1) is 21.8. The maximum atomic E-state index is 12.3. The number of carbonyl (C=O) groups excluding carboxylic acids is 2. The van der Waals surface area contributed by atoms with Crippen molar-refractivity contribution in [3.63, 3.8) is 0 Å². The topological polar surface area (TPSA) is 93.1 Å². The number of hydrogen-bond acceptors (Lipinski definition) is 8. The number of anilines is 1. The van der Waals surface area contributed by atoms with Crippen molar-refractivity contribution in [2.75, 3.05) is 12.0 Å². The molecule has 0 spiro atoms. The van der Waals surface area contributed by atoms with Crippen molar-refractivity contribution in [3.8, 4) is 0 Å². The molecule has 0 radical (unpaired) electrons. The van der Waals surface area contributed by atoms with Gasteiger partial charge in [0.15, 0.2) is 0 Å². The highest BCUT2D eigenvalue weighted by molar-refractivity contribution is 7.13. The van der Waals surface area contributed by atoms with Crippen LogP contribution >= 0.6 is 11.3 Å². The van der Waals surface area contributed by atoms with Crippen molar-refractivity contribution >= 4 is 34.7 Å². The first-order chi connectivity index (χ1) is 14.2. The van der Waals surface area contributed by atoms with E-state index in [4.69, 9.17) is 9.47 Å². The van der Waals surface area contributed by atoms with Crippen molar-refractivity contribution in [1.82, 2.24) is 9.88 Å². The van der Waals surface area contributed by atoms with Crippen LogP contribution in [-0.4, -0.2) is 40.4 Å². The van der Waals surface area contributed by atoms with Crippen molar-refractivity contribution in [1.29, 1.82) is 0 Å². The summed E-state index contributed by atoms with van der Waals surface area (Å²) in [5.74, 6) is -0.295. The fourth-order valence-electron chi connectivity index (χ4n) is 2.91. The number of nitrogens with zero attached hydrogens (tertiary/aromatic N) is 3. The fourth-order valence-corrected chi connectivity index (χ4v) is 3.57. The van der Waals surface area contributed by atoms with Crippen LogP contribution in [-0.2, 0) is 33.8 Å². The Labute approximate surface area is 179 Å². The lowest BCUT2D eigenvalue weighted by molar-refractivity contribution is -0.142. The van der Waals surface area contributed by atoms with Crippen molar-refractivity contribution in [2.45, 2.75) is 52.8 Å². The SMILES string of the molecule is CCOC(=O)Cc1csc(NN=Cc2ccc3c(c2)CN(C(=O)OC(C)(C)C)C3)n1. The largest absolute Gasteiger partial charge is 0.466 e. The van der Waals surface area contributed by atoms with Gasteiger partial charge in [0.2, 0.25) is 5.13 Å². The van der Waals surface area contributed by atoms with Gasteiger partial charge < -0.3 is 9.47 Å². The molecule has 1 aliphatic rings. The lowest BCUT2D eigenvalue weighted by atomic mass is 10.1. The minimum Gasteiger partial charge on any atom is -0.466 e. The minimum atomic E-state index is -0.513. The average Bonchev–Trinajstić information content (AvgIpc) is 3.27. The lowest BCUT2D eigenvalue weighted by Crippen LogP contribution is -2.33. The number of carbonyl (C=O) groups is 2. The number of benzene rings is 1. The Kier molecular flexibility index (Phi) is 6.71. The molecule has 2 aromatic rings. The van der Waals surface area contributed by atoms with E-state index in [1.807, 2.05) is 39.0 Å². The van der Waals surface area contributed by atoms with Gasteiger partial charge in [0.25, 0.3) is 0 Å². The van der Waals surface area contributed by atoms with E-state index >= 15 is 0 Å². The summed E-state index contributed by atoms with van der Waals surface area (Å²) >= 11 is 1.37. The summed E-state index contributed by atoms with van der Waals surface area (Å²) < 4.78 is 10.4. The molecular weight excluding hydrogens is 404 g/mol. The van der Waals surface area contributed by atoms with Gasteiger partial charge in [-0.2, -0.15) is 5.10 Å². The van der Waals surface area contributed by atoms with E-state index in [2.05, 4.69) is 15.5 Å². The summed E-state index contributed by atoms with van der Waals surface area (Å²) in [5, 5.41) is 6.62. The minimum absolute atomic E-state index is 0.148. The number of rotatable bonds is 6. The van der Waals surface area contributed by atoms with Crippen LogP contribution in [0.4, 0.5) is 9.93 Å². The number of aromatic nitrogens is 1. The third-order valence-electron chi connectivity index (χ3n) is 4.16. The van der Waals surface area contributed by atoms with Crippen molar-refractivity contribution in [2.24, 2.45) is 5.10 Å². The van der Waals surface area contributed by atoms with Gasteiger partial charge in [-0.1, -0.05) is 12.1 Å². The third kappa shape index (κ3) is 6.03. The number of amides is 1. The second-order valence-electron chi connectivity index (χ2n) is 7.86. The van der Waals surface area contributed by atoms with Crippen LogP contribution < -0.4 is 5.43 Å². The van der Waals surface area contributed by atoms with E-state index in [0.717, 1.165) is 16.7 Å². The van der Waals surface area contributed by atoms with E-state index in [-0.39, 0.29) is 18.5 Å². The van der Waals surface area contributed by atoms with Crippen LogP contribution in [0, 0.1) is 0 Å². The highest BCUT2D eigenvalue weighted by atomic mass is 32.1. The molecule has 0 atom stereocenters. The molecule has 0 unspecified atom stereocenters. The van der Waals surface area contributed by atoms with E-state index < -0.39 is 5.60 Å². The molecule has 3 rings (SSSR count). The van der Waals surface area contributed by atoms with Gasteiger partial charge in [-0.15, -0.1) is 11.3 Å². The lowest BCUT2D eigenvalue weighted by Gasteiger charge is -2.24. The summed E-state index contributed by atoms with van der Waals surface area (Å²) in [6.45, 7) is 8.77. The van der Waals surface area contributed by atoms with Gasteiger partial charge >= 0.3 is 12.1 Å². The molecule has 1 aliphatic heterocycles. The van der Waals surface area contributed by atoms with E-state index in [1.54, 1.807) is 23.4 Å². The molecule has 8 nitrogen and oxygen atoms in total. The zero-order chi connectivity index (χ0) is 21.7. The second kappa shape index (κ2) is 9.25. The van der Waals surface area contributed by atoms with Crippen LogP contribution in [0.25, 0.3) is 0 Å². The van der Waals surface area contributed by atoms with Gasteiger partial charge in [-0.05, 0) is 50.5 Å². The summed E-state index contributed by atoms with van der Waals surface area (Å²) in [4.78, 5) is 29.8. The predicted octanol–water partition coefficient (Wildman–Crippen LogP) is 3.95. The first-order valence-electron chi connectivity index (χ1n) is 9.72. The summed E-state index contributed by atoms with van der Waals surface area (Å²) in [5.41, 5.74) is 6.11. The number of ether oxygens (including phenoxy) is 2. The van der Waals surface area contributed by atoms with E-state index in [1.165, 1.54) is 11.3 Å². The monoisotopic (exact) mass is 430 g/mol. The number of thiazole rings is 1. The first-order valence-corrected chi connectivity index (χ1v) is 10.6. The Balaban J connectivity index is 1.55. The summed E-state index contributed by atoms with van der Waals surface area (Å²) in [7, 11) is 0. The molecule has 0 saturated heterocycles. The number of nitrogens with one attached hydrogen (secondary N) is 1.